The molecular weight excluding hydrogens is 440 g/mol. The van der Waals surface area contributed by atoms with Crippen molar-refractivity contribution in [2.24, 2.45) is 0 Å². The summed E-state index contributed by atoms with van der Waals surface area (Å²) >= 11 is -0.234. The predicted molar refractivity (Wildman–Crippen MR) is 46.7 cm³/mol. The fourth-order valence-corrected chi connectivity index (χ4v) is 7.22. The van der Waals surface area contributed by atoms with Crippen molar-refractivity contribution in [3.63, 3.8) is 0 Å². The molecule has 7 heteroatoms. The fraction of sp³-hybridized carbons (Fsp3) is 0.778. The third-order valence-electron chi connectivity index (χ3n) is 2.58. The first-order chi connectivity index (χ1) is 7.56. The van der Waals surface area contributed by atoms with Crippen LogP contribution < -0.4 is 46.2 Å². The molecule has 5 nitrogen and oxygen atoms in total. The third kappa shape index (κ3) is 2.61. The Labute approximate surface area is 115 Å². The van der Waals surface area contributed by atoms with Crippen LogP contribution in [0, 0.1) is 0 Å². The molecule has 0 aromatic heterocycles. The average molecular weight is 453 g/mol. The second-order valence-corrected chi connectivity index (χ2v) is 9.57. The van der Waals surface area contributed by atoms with Gasteiger partial charge < -0.3 is 0 Å². The van der Waals surface area contributed by atoms with Gasteiger partial charge in [-0.1, -0.05) is 0 Å². The molecular formula is C9H13I2NO4-2. The van der Waals surface area contributed by atoms with Crippen molar-refractivity contribution in [2.75, 3.05) is 11.5 Å². The van der Waals surface area contributed by atoms with Crippen molar-refractivity contribution in [1.29, 1.82) is 0 Å². The van der Waals surface area contributed by atoms with Gasteiger partial charge in [-0.2, -0.15) is 0 Å². The molecule has 0 aromatic carbocycles. The first kappa shape index (κ1) is 12.8. The van der Waals surface area contributed by atoms with E-state index in [1.807, 2.05) is 6.92 Å². The van der Waals surface area contributed by atoms with Gasteiger partial charge in [-0.05, 0) is 0 Å². The van der Waals surface area contributed by atoms with Crippen LogP contribution in [-0.4, -0.2) is 37.1 Å². The maximum absolute atomic E-state index is 12.1. The van der Waals surface area contributed by atoms with E-state index in [0.29, 0.717) is 4.05 Å². The van der Waals surface area contributed by atoms with Crippen molar-refractivity contribution in [2.45, 2.75) is 26.9 Å². The average Bonchev–Trinajstić information content (AvgIpc) is 3.03. The Morgan fingerprint density at radius 2 is 2.44 bits per heavy atom. The minimum atomic E-state index is -0.369. The fourth-order valence-electron chi connectivity index (χ4n) is 1.34. The van der Waals surface area contributed by atoms with Gasteiger partial charge in [0.1, 0.15) is 0 Å². The van der Waals surface area contributed by atoms with Crippen LogP contribution in [0.15, 0.2) is 0 Å². The second kappa shape index (κ2) is 4.92. The standard InChI is InChI=1S/C9H13I2NO4/c1-9(10-2,7-11-12-7)8(14)16-5-3-6(13)15-4-5/h5,7,12H,3-4H2,1-2H3/q-2. The molecule has 3 unspecified atom stereocenters. The number of carbonyl (C=O) groups excluding carboxylic acids is 2. The molecule has 0 radical (unpaired) electrons. The van der Waals surface area contributed by atoms with E-state index in [-0.39, 0.29) is 77.2 Å². The molecule has 3 atom stereocenters. The molecule has 2 aliphatic rings. The number of carbonyl (C=O) groups is 2. The number of hydrogen-bond acceptors (Lipinski definition) is 5. The molecule has 0 amide bonds. The van der Waals surface area contributed by atoms with Crippen LogP contribution in [0.5, 0.6) is 0 Å². The van der Waals surface area contributed by atoms with E-state index in [2.05, 4.69) is 8.46 Å². The number of ether oxygens (including phenoxy) is 2. The first-order valence-electron chi connectivity index (χ1n) is 4.81. The van der Waals surface area contributed by atoms with Gasteiger partial charge in [0.2, 0.25) is 0 Å². The first-order valence-corrected chi connectivity index (χ1v) is 10.4. The van der Waals surface area contributed by atoms with Gasteiger partial charge in [0.05, 0.1) is 0 Å². The van der Waals surface area contributed by atoms with Gasteiger partial charge in [0, 0.05) is 0 Å². The normalized spacial score (nSPS) is 32.5. The van der Waals surface area contributed by atoms with Gasteiger partial charge in [0.25, 0.3) is 0 Å². The number of nitrogens with one attached hydrogen (secondary N) is 1. The van der Waals surface area contributed by atoms with E-state index in [1.165, 1.54) is 0 Å². The van der Waals surface area contributed by atoms with E-state index in [4.69, 9.17) is 9.47 Å². The topological polar surface area (TPSA) is 74.5 Å². The zero-order valence-electron chi connectivity index (χ0n) is 8.96. The van der Waals surface area contributed by atoms with Crippen molar-refractivity contribution in [3.8, 4) is 0 Å². The monoisotopic (exact) mass is 453 g/mol. The second-order valence-electron chi connectivity index (χ2n) is 3.76. The van der Waals surface area contributed by atoms with E-state index >= 15 is 0 Å². The van der Waals surface area contributed by atoms with Gasteiger partial charge in [-0.25, -0.2) is 0 Å². The summed E-state index contributed by atoms with van der Waals surface area (Å²) < 4.78 is 13.5. The molecule has 2 rings (SSSR count). The minimum absolute atomic E-state index is 0.00540. The zero-order chi connectivity index (χ0) is 11.8. The van der Waals surface area contributed by atoms with Crippen molar-refractivity contribution < 1.29 is 61.7 Å². The van der Waals surface area contributed by atoms with E-state index in [0.717, 1.165) is 0 Å². The molecule has 0 aliphatic carbocycles. The molecule has 0 aromatic rings. The summed E-state index contributed by atoms with van der Waals surface area (Å²) in [6.45, 7) is 2.19. The molecule has 0 bridgehead atoms. The van der Waals surface area contributed by atoms with Gasteiger partial charge >= 0.3 is 116 Å². The summed E-state index contributed by atoms with van der Waals surface area (Å²) in [5.41, 5.74) is 0. The van der Waals surface area contributed by atoms with Crippen LogP contribution in [-0.2, 0) is 19.1 Å². The Kier molecular flexibility index (Phi) is 3.94. The summed E-state index contributed by atoms with van der Waals surface area (Å²) in [6.07, 6.45) is -0.163. The van der Waals surface area contributed by atoms with Crippen LogP contribution in [0.1, 0.15) is 13.3 Å². The molecule has 2 saturated heterocycles. The number of rotatable bonds is 4. The Hall–Kier alpha value is 0.360. The summed E-state index contributed by atoms with van der Waals surface area (Å²) in [4.78, 5) is 25.0. The quantitative estimate of drug-likeness (QED) is 0.115. The summed E-state index contributed by atoms with van der Waals surface area (Å²) in [7, 11) is 0. The zero-order valence-corrected chi connectivity index (χ0v) is 13.3. The number of halogens is 2. The van der Waals surface area contributed by atoms with E-state index < -0.39 is 0 Å². The molecule has 1 N–H and O–H groups in total. The molecule has 2 aliphatic heterocycles. The SMILES string of the molecule is C[I-]C(C)(C(=O)OC1COC(=O)C1)C1N[I-]1. The summed E-state index contributed by atoms with van der Waals surface area (Å²) in [5.74, 6) is -0.427. The number of cyclic esters (lactones) is 1. The Morgan fingerprint density at radius 1 is 1.75 bits per heavy atom. The number of esters is 2. The summed E-state index contributed by atoms with van der Waals surface area (Å²) in [6, 6.07) is 0. The van der Waals surface area contributed by atoms with Crippen LogP contribution >= 0.6 is 0 Å². The van der Waals surface area contributed by atoms with Gasteiger partial charge in [0.15, 0.2) is 0 Å². The molecule has 2 fully saturated rings. The van der Waals surface area contributed by atoms with Crippen LogP contribution in [0.4, 0.5) is 0 Å². The Morgan fingerprint density at radius 3 is 2.88 bits per heavy atom. The summed E-state index contributed by atoms with van der Waals surface area (Å²) in [5, 5.41) is 0. The molecule has 0 saturated carbocycles. The van der Waals surface area contributed by atoms with Crippen LogP contribution in [0.25, 0.3) is 0 Å². The van der Waals surface area contributed by atoms with E-state index in [1.54, 1.807) is 0 Å². The molecule has 94 valence electrons. The van der Waals surface area contributed by atoms with Crippen LogP contribution in [0.2, 0.25) is 0 Å². The van der Waals surface area contributed by atoms with Crippen molar-refractivity contribution in [3.05, 3.63) is 0 Å². The number of hydrogen-bond donors (Lipinski definition) is 1. The molecule has 2 heterocycles. The number of alkyl halides is 3. The third-order valence-corrected chi connectivity index (χ3v) is 9.57. The van der Waals surface area contributed by atoms with Gasteiger partial charge in [-0.15, -0.1) is 0 Å². The Bertz CT molecular complexity index is 321. The van der Waals surface area contributed by atoms with Crippen LogP contribution in [0.3, 0.4) is 0 Å². The van der Waals surface area contributed by atoms with Gasteiger partial charge in [-0.3, -0.25) is 0 Å². The molecule has 0 spiro atoms. The van der Waals surface area contributed by atoms with E-state index in [9.17, 15) is 9.59 Å². The van der Waals surface area contributed by atoms with Crippen molar-refractivity contribution in [1.82, 2.24) is 3.53 Å². The van der Waals surface area contributed by atoms with Crippen molar-refractivity contribution >= 4 is 11.9 Å². The predicted octanol–water partition coefficient (Wildman–Crippen LogP) is -6.74. The Balaban J connectivity index is 1.93. The maximum atomic E-state index is 12.1. The molecule has 16 heavy (non-hydrogen) atoms.